The topological polar surface area (TPSA) is 15.3 Å². The predicted molar refractivity (Wildman–Crippen MR) is 58.8 cm³/mol. The maximum atomic E-state index is 3.94. The van der Waals surface area contributed by atoms with E-state index < -0.39 is 0 Å². The number of hydrogen-bond acceptors (Lipinski definition) is 2. The van der Waals surface area contributed by atoms with E-state index in [0.29, 0.717) is 6.04 Å². The van der Waals surface area contributed by atoms with E-state index in [-0.39, 0.29) is 0 Å². The normalized spacial score (nSPS) is 21.1. The Bertz CT molecular complexity index is 318. The molecular weight excluding hydrogens is 172 g/mol. The molecule has 0 spiro atoms. The third-order valence-corrected chi connectivity index (χ3v) is 2.65. The van der Waals surface area contributed by atoms with Crippen LogP contribution in [0.25, 0.3) is 0 Å². The summed E-state index contributed by atoms with van der Waals surface area (Å²) < 4.78 is 0. The molecule has 74 valence electrons. The molecule has 0 radical (unpaired) electrons. The Hall–Kier alpha value is -1.44. The lowest BCUT2D eigenvalue weighted by atomic mass is 10.1. The van der Waals surface area contributed by atoms with Gasteiger partial charge in [-0.3, -0.25) is 0 Å². The van der Waals surface area contributed by atoms with Crippen LogP contribution < -0.4 is 5.32 Å². The van der Waals surface area contributed by atoms with E-state index in [1.165, 1.54) is 5.56 Å². The fourth-order valence-electron chi connectivity index (χ4n) is 1.85. The van der Waals surface area contributed by atoms with Crippen molar-refractivity contribution < 1.29 is 0 Å². The molecule has 1 aliphatic heterocycles. The third-order valence-electron chi connectivity index (χ3n) is 2.65. The highest BCUT2D eigenvalue weighted by Crippen LogP contribution is 2.12. The Morgan fingerprint density at radius 3 is 2.71 bits per heavy atom. The highest BCUT2D eigenvalue weighted by Gasteiger charge is 2.20. The van der Waals surface area contributed by atoms with Gasteiger partial charge in [-0.15, -0.1) is 0 Å². The van der Waals surface area contributed by atoms with Gasteiger partial charge in [-0.25, -0.2) is 0 Å². The van der Waals surface area contributed by atoms with Gasteiger partial charge in [-0.1, -0.05) is 36.9 Å². The summed E-state index contributed by atoms with van der Waals surface area (Å²) in [4.78, 5) is 2.16. The monoisotopic (exact) mass is 188 g/mol. The van der Waals surface area contributed by atoms with Crippen molar-refractivity contribution in [3.05, 3.63) is 48.3 Å². The van der Waals surface area contributed by atoms with Gasteiger partial charge in [0, 0.05) is 19.6 Å². The summed E-state index contributed by atoms with van der Waals surface area (Å²) in [6, 6.07) is 11.1. The summed E-state index contributed by atoms with van der Waals surface area (Å²) in [6.45, 7) is 4.99. The zero-order valence-electron chi connectivity index (χ0n) is 8.53. The van der Waals surface area contributed by atoms with E-state index in [4.69, 9.17) is 0 Å². The van der Waals surface area contributed by atoms with Crippen LogP contribution in [0.15, 0.2) is 42.7 Å². The van der Waals surface area contributed by atoms with Crippen molar-refractivity contribution in [1.29, 1.82) is 0 Å². The van der Waals surface area contributed by atoms with Gasteiger partial charge in [0.15, 0.2) is 0 Å². The van der Waals surface area contributed by atoms with Crippen molar-refractivity contribution in [3.63, 3.8) is 0 Å². The van der Waals surface area contributed by atoms with Crippen molar-refractivity contribution in [2.45, 2.75) is 12.5 Å². The molecule has 0 aliphatic carbocycles. The van der Waals surface area contributed by atoms with E-state index >= 15 is 0 Å². The van der Waals surface area contributed by atoms with Gasteiger partial charge in [0.1, 0.15) is 0 Å². The average molecular weight is 188 g/mol. The number of likely N-dealkylation sites (N-methyl/N-ethyl adjacent to an activating group) is 1. The summed E-state index contributed by atoms with van der Waals surface area (Å²) in [6.07, 6.45) is 1.07. The average Bonchev–Trinajstić information content (AvgIpc) is 2.47. The minimum atomic E-state index is 0.509. The van der Waals surface area contributed by atoms with Gasteiger partial charge in [0.05, 0.1) is 5.82 Å². The van der Waals surface area contributed by atoms with E-state index in [0.717, 1.165) is 18.8 Å². The number of rotatable bonds is 2. The summed E-state index contributed by atoms with van der Waals surface area (Å²) in [7, 11) is 2.07. The Morgan fingerprint density at radius 1 is 1.43 bits per heavy atom. The first kappa shape index (κ1) is 9.13. The van der Waals surface area contributed by atoms with Crippen LogP contribution in [0.3, 0.4) is 0 Å². The standard InChI is InChI=1S/C12H16N2/c1-10-13-12(9-14(10)2)8-11-6-4-3-5-7-11/h3-7,12-13H,1,8-9H2,2H3. The number of benzene rings is 1. The van der Waals surface area contributed by atoms with Crippen molar-refractivity contribution in [3.8, 4) is 0 Å². The van der Waals surface area contributed by atoms with Gasteiger partial charge in [-0.05, 0) is 12.0 Å². The molecule has 1 heterocycles. The number of nitrogens with one attached hydrogen (secondary N) is 1. The zero-order valence-corrected chi connectivity index (χ0v) is 8.53. The minimum Gasteiger partial charge on any atom is -0.367 e. The molecule has 2 nitrogen and oxygen atoms in total. The molecule has 0 saturated carbocycles. The Balaban J connectivity index is 1.97. The third kappa shape index (κ3) is 1.90. The quantitative estimate of drug-likeness (QED) is 0.758. The first-order valence-corrected chi connectivity index (χ1v) is 4.96. The summed E-state index contributed by atoms with van der Waals surface area (Å²) in [5.41, 5.74) is 1.38. The van der Waals surface area contributed by atoms with Crippen molar-refractivity contribution in [2.75, 3.05) is 13.6 Å². The van der Waals surface area contributed by atoms with Crippen LogP contribution in [0, 0.1) is 0 Å². The van der Waals surface area contributed by atoms with E-state index in [1.54, 1.807) is 0 Å². The number of nitrogens with zero attached hydrogens (tertiary/aromatic N) is 1. The molecule has 1 aromatic rings. The smallest absolute Gasteiger partial charge is 0.0939 e. The second-order valence-corrected chi connectivity index (χ2v) is 3.86. The van der Waals surface area contributed by atoms with Crippen molar-refractivity contribution in [1.82, 2.24) is 10.2 Å². The molecule has 0 bridgehead atoms. The van der Waals surface area contributed by atoms with Crippen molar-refractivity contribution >= 4 is 0 Å². The van der Waals surface area contributed by atoms with Gasteiger partial charge in [0.25, 0.3) is 0 Å². The van der Waals surface area contributed by atoms with Gasteiger partial charge in [-0.2, -0.15) is 0 Å². The van der Waals surface area contributed by atoms with Crippen LogP contribution in [0.5, 0.6) is 0 Å². The van der Waals surface area contributed by atoms with Crippen LogP contribution in [-0.4, -0.2) is 24.5 Å². The SMILES string of the molecule is C=C1NC(Cc2ccccc2)CN1C. The molecule has 0 aromatic heterocycles. The van der Waals surface area contributed by atoms with E-state index in [2.05, 4.69) is 54.2 Å². The molecule has 1 aliphatic rings. The zero-order chi connectivity index (χ0) is 9.97. The maximum Gasteiger partial charge on any atom is 0.0939 e. The second kappa shape index (κ2) is 3.74. The molecule has 14 heavy (non-hydrogen) atoms. The molecule has 1 saturated heterocycles. The molecule has 1 atom stereocenters. The van der Waals surface area contributed by atoms with Crippen LogP contribution in [-0.2, 0) is 6.42 Å². The Morgan fingerprint density at radius 2 is 2.14 bits per heavy atom. The fraction of sp³-hybridized carbons (Fsp3) is 0.333. The van der Waals surface area contributed by atoms with Crippen LogP contribution in [0.4, 0.5) is 0 Å². The molecule has 1 N–H and O–H groups in total. The molecule has 1 unspecified atom stereocenters. The van der Waals surface area contributed by atoms with E-state index in [9.17, 15) is 0 Å². The van der Waals surface area contributed by atoms with Gasteiger partial charge >= 0.3 is 0 Å². The summed E-state index contributed by atoms with van der Waals surface area (Å²) in [5, 5.41) is 3.38. The lowest BCUT2D eigenvalue weighted by Gasteiger charge is -2.09. The van der Waals surface area contributed by atoms with Crippen LogP contribution in [0.2, 0.25) is 0 Å². The van der Waals surface area contributed by atoms with Crippen LogP contribution in [0.1, 0.15) is 5.56 Å². The summed E-state index contributed by atoms with van der Waals surface area (Å²) in [5.74, 6) is 1.03. The van der Waals surface area contributed by atoms with E-state index in [1.807, 2.05) is 0 Å². The first-order valence-electron chi connectivity index (χ1n) is 4.96. The predicted octanol–water partition coefficient (Wildman–Crippen LogP) is 1.60. The number of hydrogen-bond donors (Lipinski definition) is 1. The lowest BCUT2D eigenvalue weighted by Crippen LogP contribution is -2.25. The highest BCUT2D eigenvalue weighted by molar-refractivity contribution is 5.17. The van der Waals surface area contributed by atoms with Gasteiger partial charge in [0.2, 0.25) is 0 Å². The molecule has 1 fully saturated rings. The molecular formula is C12H16N2. The Kier molecular flexibility index (Phi) is 2.44. The molecule has 0 amide bonds. The fourth-order valence-corrected chi connectivity index (χ4v) is 1.85. The summed E-state index contributed by atoms with van der Waals surface area (Å²) >= 11 is 0. The van der Waals surface area contributed by atoms with Crippen LogP contribution >= 0.6 is 0 Å². The molecule has 2 heteroatoms. The molecule has 2 rings (SSSR count). The highest BCUT2D eigenvalue weighted by atomic mass is 15.3. The first-order chi connectivity index (χ1) is 6.75. The largest absolute Gasteiger partial charge is 0.367 e. The minimum absolute atomic E-state index is 0.509. The molecule has 1 aromatic carbocycles. The van der Waals surface area contributed by atoms with Gasteiger partial charge < -0.3 is 10.2 Å². The maximum absolute atomic E-state index is 3.94. The van der Waals surface area contributed by atoms with Crippen molar-refractivity contribution in [2.24, 2.45) is 0 Å². The second-order valence-electron chi connectivity index (χ2n) is 3.86. The lowest BCUT2D eigenvalue weighted by molar-refractivity contribution is 0.464. The Labute approximate surface area is 85.2 Å².